The van der Waals surface area contributed by atoms with Crippen LogP contribution in [0.1, 0.15) is 60.9 Å². The number of nitrogens with one attached hydrogen (secondary N) is 2. The Morgan fingerprint density at radius 3 is 2.65 bits per heavy atom. The number of H-pyrrole nitrogens is 1. The zero-order valence-corrected chi connectivity index (χ0v) is 10.3. The Kier molecular flexibility index (Phi) is 2.65. The molecular weight excluding hydrogens is 214 g/mol. The monoisotopic (exact) mass is 233 g/mol. The van der Waals surface area contributed by atoms with Crippen molar-refractivity contribution in [1.29, 1.82) is 5.41 Å². The molecule has 2 fully saturated rings. The molecule has 0 atom stereocenters. The van der Waals surface area contributed by atoms with E-state index in [4.69, 9.17) is 10.1 Å². The number of hydrogen-bond donors (Lipinski definition) is 2. The van der Waals surface area contributed by atoms with Gasteiger partial charge in [-0.05, 0) is 37.7 Å². The van der Waals surface area contributed by atoms with Crippen LogP contribution < -0.4 is 0 Å². The van der Waals surface area contributed by atoms with Crippen LogP contribution in [0.5, 0.6) is 0 Å². The zero-order chi connectivity index (χ0) is 11.8. The van der Waals surface area contributed by atoms with Gasteiger partial charge in [0.1, 0.15) is 0 Å². The maximum Gasteiger partial charge on any atom is 0.180 e. The molecule has 4 nitrogen and oxygen atoms in total. The fourth-order valence-corrected chi connectivity index (χ4v) is 2.40. The molecule has 0 bridgehead atoms. The average molecular weight is 233 g/mol. The van der Waals surface area contributed by atoms with Crippen LogP contribution in [0.25, 0.3) is 0 Å². The molecule has 0 saturated heterocycles. The van der Waals surface area contributed by atoms with Crippen molar-refractivity contribution in [3.8, 4) is 0 Å². The number of aromatic nitrogens is 2. The minimum Gasteiger partial charge on any atom is -0.484 e. The maximum absolute atomic E-state index is 7.57. The molecule has 2 saturated carbocycles. The summed E-state index contributed by atoms with van der Waals surface area (Å²) in [5, 5.41) is 15.3. The summed E-state index contributed by atoms with van der Waals surface area (Å²) in [4.78, 5) is 0. The molecule has 0 aliphatic heterocycles. The van der Waals surface area contributed by atoms with Crippen molar-refractivity contribution >= 4 is 5.90 Å². The van der Waals surface area contributed by atoms with Gasteiger partial charge in [-0.1, -0.05) is 0 Å². The molecule has 2 aliphatic carbocycles. The number of rotatable bonds is 5. The first-order valence-electron chi connectivity index (χ1n) is 6.48. The van der Waals surface area contributed by atoms with Gasteiger partial charge in [-0.15, -0.1) is 0 Å². The van der Waals surface area contributed by atoms with E-state index in [1.54, 1.807) is 7.11 Å². The Hall–Kier alpha value is -1.32. The van der Waals surface area contributed by atoms with Gasteiger partial charge in [-0.3, -0.25) is 10.5 Å². The molecule has 17 heavy (non-hydrogen) atoms. The number of nitrogens with zero attached hydrogens (tertiary/aromatic N) is 1. The predicted molar refractivity (Wildman–Crippen MR) is 65.6 cm³/mol. The van der Waals surface area contributed by atoms with Crippen LogP contribution in [0.3, 0.4) is 0 Å². The molecule has 1 aromatic heterocycles. The summed E-state index contributed by atoms with van der Waals surface area (Å²) in [6.07, 6.45) is 6.74. The van der Waals surface area contributed by atoms with Gasteiger partial charge >= 0.3 is 0 Å². The fourth-order valence-electron chi connectivity index (χ4n) is 2.40. The van der Waals surface area contributed by atoms with Crippen molar-refractivity contribution in [2.24, 2.45) is 0 Å². The van der Waals surface area contributed by atoms with Gasteiger partial charge in [0, 0.05) is 24.0 Å². The van der Waals surface area contributed by atoms with Gasteiger partial charge in [-0.25, -0.2) is 0 Å². The minimum atomic E-state index is 0.370. The quantitative estimate of drug-likeness (QED) is 0.606. The second-order valence-corrected chi connectivity index (χ2v) is 5.18. The van der Waals surface area contributed by atoms with Crippen LogP contribution in [0.4, 0.5) is 0 Å². The first kappa shape index (κ1) is 10.8. The normalized spacial score (nSPS) is 19.4. The Morgan fingerprint density at radius 1 is 1.35 bits per heavy atom. The molecule has 1 heterocycles. The maximum atomic E-state index is 7.57. The van der Waals surface area contributed by atoms with Gasteiger partial charge in [-0.2, -0.15) is 5.10 Å². The number of ether oxygens (including phenoxy) is 1. The SMILES string of the molecule is COC(=N)CCc1c(C2CC2)n[nH]c1C1CC1. The summed E-state index contributed by atoms with van der Waals surface area (Å²) >= 11 is 0. The highest BCUT2D eigenvalue weighted by atomic mass is 16.5. The zero-order valence-electron chi connectivity index (χ0n) is 10.3. The summed E-state index contributed by atoms with van der Waals surface area (Å²) in [5.74, 6) is 1.77. The van der Waals surface area contributed by atoms with E-state index in [1.165, 1.54) is 42.6 Å². The lowest BCUT2D eigenvalue weighted by Gasteiger charge is -2.05. The third-order valence-corrected chi connectivity index (χ3v) is 3.73. The molecule has 1 aromatic rings. The molecule has 0 spiro atoms. The lowest BCUT2D eigenvalue weighted by Crippen LogP contribution is -2.03. The molecule has 4 heteroatoms. The summed E-state index contributed by atoms with van der Waals surface area (Å²) in [6.45, 7) is 0. The molecule has 0 radical (unpaired) electrons. The molecular formula is C13H19N3O. The van der Waals surface area contributed by atoms with Gasteiger partial charge in [0.2, 0.25) is 0 Å². The molecule has 92 valence electrons. The Morgan fingerprint density at radius 2 is 2.06 bits per heavy atom. The van der Waals surface area contributed by atoms with Crippen LogP contribution in [-0.2, 0) is 11.2 Å². The topological polar surface area (TPSA) is 61.8 Å². The Labute approximate surface area is 101 Å². The van der Waals surface area contributed by atoms with Gasteiger partial charge < -0.3 is 4.74 Å². The molecule has 2 aliphatic rings. The van der Waals surface area contributed by atoms with Crippen LogP contribution in [0, 0.1) is 5.41 Å². The van der Waals surface area contributed by atoms with Crippen LogP contribution in [-0.4, -0.2) is 23.2 Å². The van der Waals surface area contributed by atoms with E-state index in [0.29, 0.717) is 24.2 Å². The average Bonchev–Trinajstić information content (AvgIpc) is 3.24. The molecule has 0 unspecified atom stereocenters. The lowest BCUT2D eigenvalue weighted by atomic mass is 10.0. The largest absolute Gasteiger partial charge is 0.484 e. The highest BCUT2D eigenvalue weighted by Crippen LogP contribution is 2.46. The summed E-state index contributed by atoms with van der Waals surface area (Å²) in [7, 11) is 1.57. The Balaban J connectivity index is 1.78. The third-order valence-electron chi connectivity index (χ3n) is 3.73. The van der Waals surface area contributed by atoms with E-state index in [2.05, 4.69) is 10.2 Å². The van der Waals surface area contributed by atoms with E-state index in [-0.39, 0.29) is 0 Å². The van der Waals surface area contributed by atoms with Crippen molar-refractivity contribution < 1.29 is 4.74 Å². The van der Waals surface area contributed by atoms with E-state index in [0.717, 1.165) is 6.42 Å². The lowest BCUT2D eigenvalue weighted by molar-refractivity contribution is 0.386. The smallest absolute Gasteiger partial charge is 0.180 e. The van der Waals surface area contributed by atoms with Gasteiger partial charge in [0.05, 0.1) is 12.8 Å². The number of aromatic amines is 1. The predicted octanol–water partition coefficient (Wildman–Crippen LogP) is 2.72. The number of methoxy groups -OCH3 is 1. The highest BCUT2D eigenvalue weighted by Gasteiger charge is 2.34. The highest BCUT2D eigenvalue weighted by molar-refractivity contribution is 5.72. The van der Waals surface area contributed by atoms with E-state index < -0.39 is 0 Å². The van der Waals surface area contributed by atoms with Gasteiger partial charge in [0.25, 0.3) is 0 Å². The van der Waals surface area contributed by atoms with Crippen LogP contribution in [0.15, 0.2) is 0 Å². The second kappa shape index (κ2) is 4.17. The summed E-state index contributed by atoms with van der Waals surface area (Å²) in [5.41, 5.74) is 4.00. The van der Waals surface area contributed by atoms with Crippen molar-refractivity contribution in [3.63, 3.8) is 0 Å². The van der Waals surface area contributed by atoms with Crippen LogP contribution in [0.2, 0.25) is 0 Å². The van der Waals surface area contributed by atoms with Crippen molar-refractivity contribution in [3.05, 3.63) is 17.0 Å². The van der Waals surface area contributed by atoms with E-state index in [1.807, 2.05) is 0 Å². The Bertz CT molecular complexity index is 400. The molecule has 2 N–H and O–H groups in total. The van der Waals surface area contributed by atoms with Crippen molar-refractivity contribution in [1.82, 2.24) is 10.2 Å². The van der Waals surface area contributed by atoms with E-state index >= 15 is 0 Å². The molecule has 0 amide bonds. The standard InChI is InChI=1S/C13H19N3O/c1-17-11(14)7-6-10-12(8-2-3-8)15-16-13(10)9-4-5-9/h8-9,14H,2-7H2,1H3,(H,15,16). The molecule has 3 rings (SSSR count). The number of hydrogen-bond acceptors (Lipinski definition) is 3. The summed E-state index contributed by atoms with van der Waals surface area (Å²) < 4.78 is 4.93. The minimum absolute atomic E-state index is 0.370. The fraction of sp³-hybridized carbons (Fsp3) is 0.692. The first-order valence-corrected chi connectivity index (χ1v) is 6.48. The second-order valence-electron chi connectivity index (χ2n) is 5.18. The third kappa shape index (κ3) is 2.21. The van der Waals surface area contributed by atoms with Gasteiger partial charge in [0.15, 0.2) is 5.90 Å². The van der Waals surface area contributed by atoms with Crippen LogP contribution >= 0.6 is 0 Å². The summed E-state index contributed by atoms with van der Waals surface area (Å²) in [6, 6.07) is 0. The molecule has 0 aromatic carbocycles. The van der Waals surface area contributed by atoms with Crippen molar-refractivity contribution in [2.45, 2.75) is 50.4 Å². The van der Waals surface area contributed by atoms with Crippen molar-refractivity contribution in [2.75, 3.05) is 7.11 Å². The van der Waals surface area contributed by atoms with E-state index in [9.17, 15) is 0 Å². The first-order chi connectivity index (χ1) is 8.29.